The van der Waals surface area contributed by atoms with Crippen LogP contribution in [-0.2, 0) is 14.8 Å². The summed E-state index contributed by atoms with van der Waals surface area (Å²) < 4.78 is 25.3. The quantitative estimate of drug-likeness (QED) is 0.840. The molecule has 0 unspecified atom stereocenters. The number of piperidine rings is 1. The fourth-order valence-electron chi connectivity index (χ4n) is 6.39. The van der Waals surface area contributed by atoms with Gasteiger partial charge in [-0.05, 0) is 75.0 Å². The summed E-state index contributed by atoms with van der Waals surface area (Å²) in [5.74, 6) is 3.00. The van der Waals surface area contributed by atoms with E-state index >= 15 is 0 Å². The predicted octanol–water partition coefficient (Wildman–Crippen LogP) is 1.99. The first kappa shape index (κ1) is 16.8. The molecule has 5 nitrogen and oxygen atoms in total. The first-order valence-corrected chi connectivity index (χ1v) is 11.5. The molecule has 1 aliphatic heterocycles. The second-order valence-corrected chi connectivity index (χ2v) is 10.9. The number of rotatable bonds is 4. The molecule has 4 bridgehead atoms. The van der Waals surface area contributed by atoms with Gasteiger partial charge in [0, 0.05) is 19.6 Å². The summed E-state index contributed by atoms with van der Waals surface area (Å²) in [6.07, 6.45) is 10.6. The van der Waals surface area contributed by atoms with Crippen LogP contribution in [0, 0.1) is 29.1 Å². The van der Waals surface area contributed by atoms with Gasteiger partial charge in [-0.3, -0.25) is 4.79 Å². The average molecular weight is 355 g/mol. The van der Waals surface area contributed by atoms with Gasteiger partial charge in [0.25, 0.3) is 0 Å². The molecular weight excluding hydrogens is 324 g/mol. The summed E-state index contributed by atoms with van der Waals surface area (Å²) in [6, 6.07) is 0. The summed E-state index contributed by atoms with van der Waals surface area (Å²) >= 11 is 0. The van der Waals surface area contributed by atoms with Gasteiger partial charge in [0.05, 0.1) is 11.7 Å². The molecule has 5 rings (SSSR count). The molecule has 0 aromatic heterocycles. The Hall–Kier alpha value is -0.620. The van der Waals surface area contributed by atoms with Crippen molar-refractivity contribution in [1.82, 2.24) is 9.62 Å². The molecule has 5 aliphatic rings. The molecule has 24 heavy (non-hydrogen) atoms. The summed E-state index contributed by atoms with van der Waals surface area (Å²) in [7, 11) is -3.15. The lowest BCUT2D eigenvalue weighted by Gasteiger charge is -2.57. The fourth-order valence-corrected chi connectivity index (χ4v) is 6.93. The molecule has 0 aromatic carbocycles. The van der Waals surface area contributed by atoms with E-state index in [4.69, 9.17) is 0 Å². The molecule has 4 aliphatic carbocycles. The van der Waals surface area contributed by atoms with Gasteiger partial charge in [-0.1, -0.05) is 0 Å². The molecular formula is C18H30N2O3S. The predicted molar refractivity (Wildman–Crippen MR) is 92.8 cm³/mol. The van der Waals surface area contributed by atoms with Crippen molar-refractivity contribution >= 4 is 15.9 Å². The minimum absolute atomic E-state index is 0.0686. The Balaban J connectivity index is 1.42. The maximum Gasteiger partial charge on any atom is 0.228 e. The van der Waals surface area contributed by atoms with Crippen LogP contribution in [-0.4, -0.2) is 45.1 Å². The van der Waals surface area contributed by atoms with Crippen molar-refractivity contribution in [2.45, 2.75) is 51.4 Å². The van der Waals surface area contributed by atoms with Crippen molar-refractivity contribution in [3.05, 3.63) is 0 Å². The van der Waals surface area contributed by atoms with E-state index in [1.807, 2.05) is 0 Å². The Morgan fingerprint density at radius 1 is 1.12 bits per heavy atom. The van der Waals surface area contributed by atoms with Crippen molar-refractivity contribution < 1.29 is 13.2 Å². The van der Waals surface area contributed by atoms with Crippen molar-refractivity contribution in [3.63, 3.8) is 0 Å². The monoisotopic (exact) mass is 354 g/mol. The van der Waals surface area contributed by atoms with Crippen LogP contribution in [0.1, 0.15) is 51.4 Å². The van der Waals surface area contributed by atoms with Crippen LogP contribution in [0.4, 0.5) is 0 Å². The molecule has 0 radical (unpaired) electrons. The normalized spacial score (nSPS) is 41.6. The van der Waals surface area contributed by atoms with E-state index in [0.29, 0.717) is 12.5 Å². The smallest absolute Gasteiger partial charge is 0.228 e. The number of nitrogens with one attached hydrogen (secondary N) is 1. The number of hydrogen-bond acceptors (Lipinski definition) is 3. The molecule has 6 heteroatoms. The van der Waals surface area contributed by atoms with Gasteiger partial charge in [-0.25, -0.2) is 13.1 Å². The van der Waals surface area contributed by atoms with Crippen molar-refractivity contribution in [1.29, 1.82) is 0 Å². The van der Waals surface area contributed by atoms with Gasteiger partial charge in [-0.15, -0.1) is 0 Å². The fraction of sp³-hybridized carbons (Fsp3) is 0.944. The van der Waals surface area contributed by atoms with Crippen LogP contribution < -0.4 is 4.72 Å². The highest BCUT2D eigenvalue weighted by Crippen LogP contribution is 2.60. The van der Waals surface area contributed by atoms with Crippen LogP contribution in [0.15, 0.2) is 0 Å². The van der Waals surface area contributed by atoms with E-state index in [1.165, 1.54) is 25.5 Å². The molecule has 1 amide bonds. The van der Waals surface area contributed by atoms with Gasteiger partial charge in [0.2, 0.25) is 15.9 Å². The highest BCUT2D eigenvalue weighted by molar-refractivity contribution is 7.88. The summed E-state index contributed by atoms with van der Waals surface area (Å²) in [5, 5.41) is 0. The molecule has 1 atom stereocenters. The van der Waals surface area contributed by atoms with Crippen LogP contribution in [0.3, 0.4) is 0 Å². The van der Waals surface area contributed by atoms with E-state index in [2.05, 4.69) is 9.62 Å². The number of nitrogens with zero attached hydrogens (tertiary/aromatic N) is 1. The standard InChI is InChI=1S/C18H30N2O3S/c1-24(22,23)19-11-13-3-2-4-20(12-13)17(21)18-8-14-5-15(9-18)7-16(6-14)10-18/h13-16,19H,2-12H2,1H3/t13-,14?,15?,16?,18?/m1/s1. The highest BCUT2D eigenvalue weighted by atomic mass is 32.2. The topological polar surface area (TPSA) is 66.5 Å². The number of amides is 1. The van der Waals surface area contributed by atoms with Gasteiger partial charge in [0.15, 0.2) is 0 Å². The molecule has 136 valence electrons. The first-order chi connectivity index (χ1) is 11.3. The summed E-state index contributed by atoms with van der Waals surface area (Å²) in [5.41, 5.74) is -0.0686. The number of hydrogen-bond donors (Lipinski definition) is 1. The largest absolute Gasteiger partial charge is 0.342 e. The van der Waals surface area contributed by atoms with E-state index in [0.717, 1.165) is 62.9 Å². The molecule has 0 aromatic rings. The lowest BCUT2D eigenvalue weighted by atomic mass is 9.49. The number of sulfonamides is 1. The van der Waals surface area contributed by atoms with Gasteiger partial charge >= 0.3 is 0 Å². The minimum atomic E-state index is -3.15. The van der Waals surface area contributed by atoms with Crippen molar-refractivity contribution in [2.75, 3.05) is 25.9 Å². The Morgan fingerprint density at radius 2 is 1.71 bits per heavy atom. The minimum Gasteiger partial charge on any atom is -0.342 e. The number of carbonyl (C=O) groups is 1. The first-order valence-electron chi connectivity index (χ1n) is 9.57. The van der Waals surface area contributed by atoms with Crippen LogP contribution in [0.25, 0.3) is 0 Å². The van der Waals surface area contributed by atoms with Crippen LogP contribution in [0.2, 0.25) is 0 Å². The second kappa shape index (κ2) is 5.97. The van der Waals surface area contributed by atoms with E-state index in [1.54, 1.807) is 0 Å². The maximum atomic E-state index is 13.4. The molecule has 1 saturated heterocycles. The zero-order chi connectivity index (χ0) is 16.9. The van der Waals surface area contributed by atoms with E-state index < -0.39 is 10.0 Å². The maximum absolute atomic E-state index is 13.4. The van der Waals surface area contributed by atoms with Gasteiger partial charge in [0.1, 0.15) is 0 Å². The number of carbonyl (C=O) groups excluding carboxylic acids is 1. The SMILES string of the molecule is CS(=O)(=O)NC[C@H]1CCCN(C(=O)C23CC4CC(CC(C4)C2)C3)C1. The zero-order valence-corrected chi connectivity index (χ0v) is 15.5. The van der Waals surface area contributed by atoms with Gasteiger partial charge in [-0.2, -0.15) is 0 Å². The van der Waals surface area contributed by atoms with Crippen molar-refractivity contribution in [3.8, 4) is 0 Å². The highest BCUT2D eigenvalue weighted by Gasteiger charge is 2.55. The Kier molecular flexibility index (Phi) is 4.19. The zero-order valence-electron chi connectivity index (χ0n) is 14.7. The Morgan fingerprint density at radius 3 is 2.25 bits per heavy atom. The van der Waals surface area contributed by atoms with Crippen LogP contribution in [0.5, 0.6) is 0 Å². The lowest BCUT2D eigenvalue weighted by Crippen LogP contribution is -2.56. The molecule has 0 spiro atoms. The van der Waals surface area contributed by atoms with E-state index in [9.17, 15) is 13.2 Å². The molecule has 1 heterocycles. The van der Waals surface area contributed by atoms with Crippen LogP contribution >= 0.6 is 0 Å². The summed E-state index contributed by atoms with van der Waals surface area (Å²) in [6.45, 7) is 2.04. The molecule has 1 N–H and O–H groups in total. The average Bonchev–Trinajstić information content (AvgIpc) is 2.50. The third-order valence-electron chi connectivity index (χ3n) is 6.93. The Bertz CT molecular complexity index is 580. The third kappa shape index (κ3) is 3.24. The molecule has 4 saturated carbocycles. The van der Waals surface area contributed by atoms with Crippen molar-refractivity contribution in [2.24, 2.45) is 29.1 Å². The van der Waals surface area contributed by atoms with E-state index in [-0.39, 0.29) is 11.3 Å². The molecule has 5 fully saturated rings. The second-order valence-electron chi connectivity index (χ2n) is 9.08. The lowest BCUT2D eigenvalue weighted by molar-refractivity contribution is -0.159. The third-order valence-corrected chi connectivity index (χ3v) is 7.62. The summed E-state index contributed by atoms with van der Waals surface area (Å²) in [4.78, 5) is 15.5. The number of likely N-dealkylation sites (tertiary alicyclic amines) is 1. The Labute approximate surface area is 145 Å². The van der Waals surface area contributed by atoms with Gasteiger partial charge < -0.3 is 4.90 Å².